The Bertz CT molecular complexity index is 944. The second-order valence-corrected chi connectivity index (χ2v) is 6.56. The molecule has 8 nitrogen and oxygen atoms in total. The number of nitrogens with zero attached hydrogens (tertiary/aromatic N) is 4. The van der Waals surface area contributed by atoms with Crippen LogP contribution in [0, 0.1) is 0 Å². The fraction of sp³-hybridized carbons (Fsp3) is 0.300. The molecule has 8 heteroatoms. The molecule has 1 unspecified atom stereocenters. The molecule has 28 heavy (non-hydrogen) atoms. The summed E-state index contributed by atoms with van der Waals surface area (Å²) in [6.07, 6.45) is 6.08. The third kappa shape index (κ3) is 3.80. The number of benzene rings is 1. The van der Waals surface area contributed by atoms with Gasteiger partial charge in [0.15, 0.2) is 0 Å². The molecule has 3 heterocycles. The first kappa shape index (κ1) is 18.0. The van der Waals surface area contributed by atoms with Crippen molar-refractivity contribution in [2.45, 2.75) is 25.3 Å². The number of carbonyl (C=O) groups excluding carboxylic acids is 1. The minimum atomic E-state index is -0.248. The predicted molar refractivity (Wildman–Crippen MR) is 103 cm³/mol. The monoisotopic (exact) mass is 379 g/mol. The Labute approximate surface area is 162 Å². The zero-order chi connectivity index (χ0) is 19.3. The van der Waals surface area contributed by atoms with Crippen LogP contribution in [0.3, 0.4) is 0 Å². The normalized spacial score (nSPS) is 16.6. The zero-order valence-electron chi connectivity index (χ0n) is 15.5. The molecule has 0 saturated carbocycles. The molecule has 1 saturated heterocycles. The number of aromatic nitrogens is 3. The molecule has 0 radical (unpaired) electrons. The van der Waals surface area contributed by atoms with Gasteiger partial charge in [-0.2, -0.15) is 4.98 Å². The van der Waals surface area contributed by atoms with E-state index in [4.69, 9.17) is 9.26 Å². The van der Waals surface area contributed by atoms with Crippen LogP contribution >= 0.6 is 0 Å². The van der Waals surface area contributed by atoms with E-state index in [1.54, 1.807) is 30.5 Å². The number of hydrogen-bond donors (Lipinski definition) is 1. The van der Waals surface area contributed by atoms with Crippen LogP contribution < -0.4 is 10.1 Å². The van der Waals surface area contributed by atoms with Gasteiger partial charge in [-0.15, -0.1) is 0 Å². The number of piperidine rings is 1. The minimum absolute atomic E-state index is 0.193. The third-order valence-electron chi connectivity index (χ3n) is 4.75. The van der Waals surface area contributed by atoms with Crippen molar-refractivity contribution in [3.05, 3.63) is 54.7 Å². The molecule has 144 valence electrons. The highest BCUT2D eigenvalue weighted by Crippen LogP contribution is 2.31. The number of methoxy groups -OCH3 is 1. The van der Waals surface area contributed by atoms with Crippen LogP contribution in [0.1, 0.15) is 31.2 Å². The first-order valence-electron chi connectivity index (χ1n) is 9.20. The highest BCUT2D eigenvalue weighted by molar-refractivity contribution is 5.89. The molecule has 1 aromatic carbocycles. The number of anilines is 1. The first-order chi connectivity index (χ1) is 13.7. The van der Waals surface area contributed by atoms with Crippen LogP contribution in [0.2, 0.25) is 0 Å². The Balaban J connectivity index is 1.53. The lowest BCUT2D eigenvalue weighted by atomic mass is 10.0. The van der Waals surface area contributed by atoms with E-state index in [9.17, 15) is 4.79 Å². The van der Waals surface area contributed by atoms with Crippen LogP contribution in [0.5, 0.6) is 5.75 Å². The molecule has 1 N–H and O–H groups in total. The molecule has 4 rings (SSSR count). The van der Waals surface area contributed by atoms with Crippen LogP contribution in [0.4, 0.5) is 10.5 Å². The van der Waals surface area contributed by atoms with Gasteiger partial charge in [-0.25, -0.2) is 4.79 Å². The quantitative estimate of drug-likeness (QED) is 0.739. The average molecular weight is 379 g/mol. The second kappa shape index (κ2) is 8.08. The van der Waals surface area contributed by atoms with Crippen molar-refractivity contribution in [1.82, 2.24) is 20.0 Å². The maximum Gasteiger partial charge on any atom is 0.322 e. The van der Waals surface area contributed by atoms with E-state index < -0.39 is 0 Å². The number of likely N-dealkylation sites (tertiary alicyclic amines) is 1. The van der Waals surface area contributed by atoms with Crippen LogP contribution in [-0.4, -0.2) is 39.7 Å². The third-order valence-corrected chi connectivity index (χ3v) is 4.75. The summed E-state index contributed by atoms with van der Waals surface area (Å²) in [5.41, 5.74) is 1.50. The molecule has 0 aliphatic carbocycles. The molecular weight excluding hydrogens is 358 g/mol. The van der Waals surface area contributed by atoms with Gasteiger partial charge < -0.3 is 19.5 Å². The van der Waals surface area contributed by atoms with Crippen molar-refractivity contribution in [2.24, 2.45) is 0 Å². The van der Waals surface area contributed by atoms with Gasteiger partial charge in [0, 0.05) is 36.3 Å². The second-order valence-electron chi connectivity index (χ2n) is 6.56. The molecule has 2 amide bonds. The number of urea groups is 1. The first-order valence-corrected chi connectivity index (χ1v) is 9.20. The van der Waals surface area contributed by atoms with E-state index in [0.717, 1.165) is 24.8 Å². The summed E-state index contributed by atoms with van der Waals surface area (Å²) >= 11 is 0. The van der Waals surface area contributed by atoms with E-state index in [1.807, 2.05) is 30.3 Å². The summed E-state index contributed by atoms with van der Waals surface area (Å²) in [6.45, 7) is 0.632. The SMILES string of the molecule is COc1cccc(NC(=O)N2CCCCC2c2nc(-c3ccncc3)no2)c1. The van der Waals surface area contributed by atoms with Crippen molar-refractivity contribution in [1.29, 1.82) is 0 Å². The van der Waals surface area contributed by atoms with E-state index in [2.05, 4.69) is 20.4 Å². The highest BCUT2D eigenvalue weighted by Gasteiger charge is 2.32. The van der Waals surface area contributed by atoms with E-state index >= 15 is 0 Å². The highest BCUT2D eigenvalue weighted by atomic mass is 16.5. The lowest BCUT2D eigenvalue weighted by molar-refractivity contribution is 0.142. The fourth-order valence-corrected chi connectivity index (χ4v) is 3.32. The topological polar surface area (TPSA) is 93.4 Å². The summed E-state index contributed by atoms with van der Waals surface area (Å²) in [6, 6.07) is 10.5. The van der Waals surface area contributed by atoms with Crippen molar-refractivity contribution in [3.63, 3.8) is 0 Å². The molecule has 3 aromatic rings. The number of hydrogen-bond acceptors (Lipinski definition) is 6. The lowest BCUT2D eigenvalue weighted by Crippen LogP contribution is -2.41. The molecule has 1 atom stereocenters. The minimum Gasteiger partial charge on any atom is -0.497 e. The molecular formula is C20H21N5O3. The largest absolute Gasteiger partial charge is 0.497 e. The van der Waals surface area contributed by atoms with E-state index in [0.29, 0.717) is 29.7 Å². The average Bonchev–Trinajstić information content (AvgIpc) is 3.25. The molecule has 1 aliphatic heterocycles. The summed E-state index contributed by atoms with van der Waals surface area (Å²) < 4.78 is 10.7. The van der Waals surface area contributed by atoms with Gasteiger partial charge in [0.25, 0.3) is 0 Å². The molecule has 1 fully saturated rings. The predicted octanol–water partition coefficient (Wildman–Crippen LogP) is 3.90. The van der Waals surface area contributed by atoms with Gasteiger partial charge in [-0.05, 0) is 43.5 Å². The summed E-state index contributed by atoms with van der Waals surface area (Å²) in [4.78, 5) is 23.2. The number of pyridine rings is 1. The Morgan fingerprint density at radius 1 is 1.25 bits per heavy atom. The van der Waals surface area contributed by atoms with Crippen LogP contribution in [0.15, 0.2) is 53.3 Å². The van der Waals surface area contributed by atoms with Gasteiger partial charge in [0.05, 0.1) is 7.11 Å². The number of rotatable bonds is 4. The van der Waals surface area contributed by atoms with Crippen LogP contribution in [0.25, 0.3) is 11.4 Å². The molecule has 0 bridgehead atoms. The number of ether oxygens (including phenoxy) is 1. The Morgan fingerprint density at radius 3 is 2.93 bits per heavy atom. The van der Waals surface area contributed by atoms with Crippen molar-refractivity contribution in [3.8, 4) is 17.1 Å². The van der Waals surface area contributed by atoms with Crippen molar-refractivity contribution >= 4 is 11.7 Å². The summed E-state index contributed by atoms with van der Waals surface area (Å²) in [5, 5.41) is 7.01. The Kier molecular flexibility index (Phi) is 5.18. The fourth-order valence-electron chi connectivity index (χ4n) is 3.32. The summed E-state index contributed by atoms with van der Waals surface area (Å²) in [5.74, 6) is 1.63. The van der Waals surface area contributed by atoms with E-state index in [-0.39, 0.29) is 12.1 Å². The maximum atomic E-state index is 12.9. The summed E-state index contributed by atoms with van der Waals surface area (Å²) in [7, 11) is 1.59. The standard InChI is InChI=1S/C20H21N5O3/c1-27-16-6-4-5-15(13-16)22-20(26)25-12-3-2-7-17(25)19-23-18(24-28-19)14-8-10-21-11-9-14/h4-6,8-11,13,17H,2-3,7,12H2,1H3,(H,22,26). The number of nitrogens with one attached hydrogen (secondary N) is 1. The Morgan fingerprint density at radius 2 is 2.11 bits per heavy atom. The van der Waals surface area contributed by atoms with Gasteiger partial charge in [0.2, 0.25) is 11.7 Å². The molecule has 0 spiro atoms. The maximum absolute atomic E-state index is 12.9. The zero-order valence-corrected chi connectivity index (χ0v) is 15.5. The van der Waals surface area contributed by atoms with E-state index in [1.165, 1.54) is 0 Å². The van der Waals surface area contributed by atoms with Crippen molar-refractivity contribution < 1.29 is 14.1 Å². The van der Waals surface area contributed by atoms with Gasteiger partial charge in [-0.1, -0.05) is 11.2 Å². The van der Waals surface area contributed by atoms with Crippen LogP contribution in [-0.2, 0) is 0 Å². The lowest BCUT2D eigenvalue weighted by Gasteiger charge is -2.33. The number of carbonyl (C=O) groups is 1. The van der Waals surface area contributed by atoms with Crippen molar-refractivity contribution in [2.75, 3.05) is 19.0 Å². The molecule has 1 aliphatic rings. The molecule has 2 aromatic heterocycles. The number of amides is 2. The van der Waals surface area contributed by atoms with Gasteiger partial charge in [0.1, 0.15) is 11.8 Å². The van der Waals surface area contributed by atoms with Gasteiger partial charge in [-0.3, -0.25) is 4.98 Å². The smallest absolute Gasteiger partial charge is 0.322 e. The Hall–Kier alpha value is -3.42. The van der Waals surface area contributed by atoms with Gasteiger partial charge >= 0.3 is 6.03 Å².